The molecule has 0 amide bonds. The molecule has 1 N–H and O–H groups in total. The number of halogens is 1. The lowest BCUT2D eigenvalue weighted by atomic mass is 10.1. The number of rotatable bonds is 9. The van der Waals surface area contributed by atoms with Crippen molar-refractivity contribution in [2.24, 2.45) is 0 Å². The van der Waals surface area contributed by atoms with Gasteiger partial charge in [-0.15, -0.1) is 10.2 Å². The van der Waals surface area contributed by atoms with E-state index in [9.17, 15) is 20.0 Å². The summed E-state index contributed by atoms with van der Waals surface area (Å²) < 4.78 is 22.3. The van der Waals surface area contributed by atoms with Crippen molar-refractivity contribution < 1.29 is 33.1 Å². The fourth-order valence-electron chi connectivity index (χ4n) is 3.05. The molecule has 11 nitrogen and oxygen atoms in total. The normalized spacial score (nSPS) is 11.4. The van der Waals surface area contributed by atoms with E-state index in [-0.39, 0.29) is 27.5 Å². The van der Waals surface area contributed by atoms with Gasteiger partial charge in [0.15, 0.2) is 0 Å². The molecule has 36 heavy (non-hydrogen) atoms. The van der Waals surface area contributed by atoms with Gasteiger partial charge in [-0.1, -0.05) is 0 Å². The Morgan fingerprint density at radius 1 is 1.08 bits per heavy atom. The second kappa shape index (κ2) is 10.7. The number of nitro benzene ring substituents is 1. The van der Waals surface area contributed by atoms with E-state index in [0.717, 1.165) is 11.8 Å². The summed E-state index contributed by atoms with van der Waals surface area (Å²) in [6.07, 6.45) is 1.31. The van der Waals surface area contributed by atoms with Crippen molar-refractivity contribution in [3.8, 4) is 34.3 Å². The summed E-state index contributed by atoms with van der Waals surface area (Å²) in [5.41, 5.74) is 1.03. The first-order chi connectivity index (χ1) is 17.3. The number of nitro groups is 1. The van der Waals surface area contributed by atoms with E-state index in [1.807, 2.05) is 0 Å². The van der Waals surface area contributed by atoms with Crippen molar-refractivity contribution in [1.82, 2.24) is 10.2 Å². The average molecular weight is 574 g/mol. The quantitative estimate of drug-likeness (QED) is 0.110. The molecule has 2 aromatic carbocycles. The van der Waals surface area contributed by atoms with Crippen LogP contribution in [0.5, 0.6) is 11.5 Å². The molecule has 13 heteroatoms. The highest BCUT2D eigenvalue weighted by Crippen LogP contribution is 2.35. The van der Waals surface area contributed by atoms with E-state index >= 15 is 0 Å². The molecule has 0 unspecified atom stereocenters. The molecular weight excluding hydrogens is 558 g/mol. The zero-order valence-corrected chi connectivity index (χ0v) is 21.0. The molecule has 0 radical (unpaired) electrons. The summed E-state index contributed by atoms with van der Waals surface area (Å²) in [6.45, 7) is 0. The third-order valence-corrected chi connectivity index (χ3v) is 6.25. The van der Waals surface area contributed by atoms with Crippen LogP contribution in [0.4, 0.5) is 5.69 Å². The number of benzene rings is 2. The van der Waals surface area contributed by atoms with Crippen LogP contribution in [0.15, 0.2) is 72.0 Å². The number of aliphatic carboxylic acids is 1. The molecule has 0 aliphatic carbocycles. The van der Waals surface area contributed by atoms with Crippen molar-refractivity contribution in [2.45, 2.75) is 5.22 Å². The van der Waals surface area contributed by atoms with Crippen LogP contribution >= 0.6 is 27.7 Å². The first kappa shape index (κ1) is 25.0. The zero-order valence-electron chi connectivity index (χ0n) is 18.6. The van der Waals surface area contributed by atoms with Crippen molar-refractivity contribution in [3.05, 3.63) is 73.8 Å². The minimum absolute atomic E-state index is 0.00493. The van der Waals surface area contributed by atoms with Gasteiger partial charge in [-0.3, -0.25) is 10.1 Å². The monoisotopic (exact) mass is 573 g/mol. The Bertz CT molecular complexity index is 1460. The zero-order chi connectivity index (χ0) is 25.8. The van der Waals surface area contributed by atoms with Crippen LogP contribution in [0, 0.1) is 10.1 Å². The van der Waals surface area contributed by atoms with Gasteiger partial charge in [0.1, 0.15) is 27.9 Å². The lowest BCUT2D eigenvalue weighted by Crippen LogP contribution is -1.96. The number of ether oxygens (including phenoxy) is 2. The standard InChI is InChI=1S/C23H16BrN3O8S/c1-32-15-7-12(8-16(10-15)33-2)21-25-26-23(35-21)36-20(22(28)29)11-14-4-6-19(34-14)17-5-3-13(27(30)31)9-18(17)24/h3-11H,1-2H3,(H,28,29)/b20-11-. The fourth-order valence-corrected chi connectivity index (χ4v) is 4.26. The summed E-state index contributed by atoms with van der Waals surface area (Å²) in [5.74, 6) is 0.620. The Kier molecular flexibility index (Phi) is 7.41. The molecule has 2 aromatic heterocycles. The van der Waals surface area contributed by atoms with E-state index in [2.05, 4.69) is 26.1 Å². The van der Waals surface area contributed by atoms with Crippen LogP contribution in [0.1, 0.15) is 5.76 Å². The van der Waals surface area contributed by atoms with E-state index in [4.69, 9.17) is 18.3 Å². The molecule has 0 atom stereocenters. The van der Waals surface area contributed by atoms with E-state index in [0.29, 0.717) is 32.9 Å². The predicted molar refractivity (Wildman–Crippen MR) is 133 cm³/mol. The van der Waals surface area contributed by atoms with Crippen LogP contribution in [0.3, 0.4) is 0 Å². The Hall–Kier alpha value is -4.10. The molecule has 0 bridgehead atoms. The summed E-state index contributed by atoms with van der Waals surface area (Å²) in [4.78, 5) is 22.2. The van der Waals surface area contributed by atoms with Crippen LogP contribution < -0.4 is 9.47 Å². The summed E-state index contributed by atoms with van der Waals surface area (Å²) in [5, 5.41) is 28.5. The average Bonchev–Trinajstić information content (AvgIpc) is 3.53. The first-order valence-electron chi connectivity index (χ1n) is 10.0. The van der Waals surface area contributed by atoms with Crippen LogP contribution in [0.25, 0.3) is 28.9 Å². The third-order valence-electron chi connectivity index (χ3n) is 4.74. The fraction of sp³-hybridized carbons (Fsp3) is 0.0870. The molecule has 0 saturated heterocycles. The van der Waals surface area contributed by atoms with Gasteiger partial charge >= 0.3 is 5.97 Å². The van der Waals surface area contributed by atoms with Gasteiger partial charge in [0.05, 0.1) is 19.1 Å². The van der Waals surface area contributed by atoms with Crippen LogP contribution in [0.2, 0.25) is 0 Å². The minimum atomic E-state index is -1.22. The van der Waals surface area contributed by atoms with Crippen molar-refractivity contribution >= 4 is 45.4 Å². The predicted octanol–water partition coefficient (Wildman–Crippen LogP) is 5.90. The van der Waals surface area contributed by atoms with Gasteiger partial charge < -0.3 is 23.4 Å². The largest absolute Gasteiger partial charge is 0.497 e. The highest BCUT2D eigenvalue weighted by Gasteiger charge is 2.19. The summed E-state index contributed by atoms with van der Waals surface area (Å²) in [7, 11) is 3.02. The molecule has 4 rings (SSSR count). The van der Waals surface area contributed by atoms with Gasteiger partial charge in [0.25, 0.3) is 10.9 Å². The number of aromatic nitrogens is 2. The lowest BCUT2D eigenvalue weighted by molar-refractivity contribution is -0.384. The second-order valence-electron chi connectivity index (χ2n) is 7.01. The lowest BCUT2D eigenvalue weighted by Gasteiger charge is -2.05. The number of carboxylic acid groups (broad SMARTS) is 1. The second-order valence-corrected chi connectivity index (χ2v) is 8.86. The molecule has 184 valence electrons. The maximum absolute atomic E-state index is 11.9. The summed E-state index contributed by atoms with van der Waals surface area (Å²) >= 11 is 4.05. The van der Waals surface area contributed by atoms with E-state index < -0.39 is 10.9 Å². The number of nitrogens with zero attached hydrogens (tertiary/aromatic N) is 3. The van der Waals surface area contributed by atoms with Crippen molar-refractivity contribution in [3.63, 3.8) is 0 Å². The Labute approximate surface area is 216 Å². The SMILES string of the molecule is COc1cc(OC)cc(-c2nnc(S/C(=C\c3ccc(-c4ccc([N+](=O)[O-])cc4Br)o3)C(=O)O)o2)c1. The number of hydrogen-bond acceptors (Lipinski definition) is 10. The Morgan fingerprint density at radius 3 is 2.42 bits per heavy atom. The molecule has 0 saturated carbocycles. The summed E-state index contributed by atoms with van der Waals surface area (Å²) in [6, 6.07) is 12.5. The van der Waals surface area contributed by atoms with Crippen LogP contribution in [-0.4, -0.2) is 40.4 Å². The van der Waals surface area contributed by atoms with Gasteiger partial charge in [-0.05, 0) is 58.0 Å². The number of furan rings is 1. The van der Waals surface area contributed by atoms with Gasteiger partial charge in [0, 0.05) is 39.9 Å². The minimum Gasteiger partial charge on any atom is -0.497 e. The molecule has 0 spiro atoms. The maximum Gasteiger partial charge on any atom is 0.342 e. The number of carbonyl (C=O) groups is 1. The topological polar surface area (TPSA) is 151 Å². The highest BCUT2D eigenvalue weighted by atomic mass is 79.9. The molecule has 0 fully saturated rings. The van der Waals surface area contributed by atoms with Crippen molar-refractivity contribution in [1.29, 1.82) is 0 Å². The number of hydrogen-bond donors (Lipinski definition) is 1. The molecular formula is C23H16BrN3O8S. The first-order valence-corrected chi connectivity index (χ1v) is 11.6. The number of methoxy groups -OCH3 is 2. The Balaban J connectivity index is 1.57. The molecule has 2 heterocycles. The molecule has 0 aliphatic heterocycles. The highest BCUT2D eigenvalue weighted by molar-refractivity contribution is 9.10. The van der Waals surface area contributed by atoms with E-state index in [1.54, 1.807) is 30.3 Å². The number of carboxylic acids is 1. The van der Waals surface area contributed by atoms with Gasteiger partial charge in [-0.2, -0.15) is 0 Å². The number of thioether (sulfide) groups is 1. The Morgan fingerprint density at radius 2 is 1.81 bits per heavy atom. The smallest absolute Gasteiger partial charge is 0.342 e. The molecule has 4 aromatic rings. The molecule has 0 aliphatic rings. The maximum atomic E-state index is 11.9. The van der Waals surface area contributed by atoms with Crippen LogP contribution in [-0.2, 0) is 4.79 Å². The third kappa shape index (κ3) is 5.58. The van der Waals surface area contributed by atoms with Gasteiger partial charge in [0.2, 0.25) is 5.89 Å². The number of non-ortho nitro benzene ring substituents is 1. The van der Waals surface area contributed by atoms with Gasteiger partial charge in [-0.25, -0.2) is 4.79 Å². The van der Waals surface area contributed by atoms with Crippen molar-refractivity contribution in [2.75, 3.05) is 14.2 Å². The van der Waals surface area contributed by atoms with E-state index in [1.165, 1.54) is 38.5 Å².